The zero-order valence-corrected chi connectivity index (χ0v) is 16.9. The number of benzene rings is 1. The SMILES string of the molecule is Cc1cc(-c2c(CCCCCOc3ccc(F)cc3CO)cnn2C)cnc1N. The van der Waals surface area contributed by atoms with E-state index in [4.69, 9.17) is 10.5 Å². The number of nitrogen functional groups attached to an aromatic ring is 1. The van der Waals surface area contributed by atoms with Gasteiger partial charge in [0, 0.05) is 24.4 Å². The third-order valence-electron chi connectivity index (χ3n) is 4.95. The molecule has 6 nitrogen and oxygen atoms in total. The molecule has 2 heterocycles. The molecule has 29 heavy (non-hydrogen) atoms. The highest BCUT2D eigenvalue weighted by Crippen LogP contribution is 2.26. The van der Waals surface area contributed by atoms with Crippen molar-refractivity contribution >= 4 is 5.82 Å². The van der Waals surface area contributed by atoms with E-state index in [9.17, 15) is 9.50 Å². The summed E-state index contributed by atoms with van der Waals surface area (Å²) < 4.78 is 20.8. The van der Waals surface area contributed by atoms with E-state index >= 15 is 0 Å². The van der Waals surface area contributed by atoms with E-state index in [1.807, 2.05) is 30.9 Å². The first-order chi connectivity index (χ1) is 14.0. The molecule has 0 aliphatic rings. The molecule has 0 aliphatic carbocycles. The summed E-state index contributed by atoms with van der Waals surface area (Å²) in [4.78, 5) is 4.26. The van der Waals surface area contributed by atoms with Gasteiger partial charge >= 0.3 is 0 Å². The minimum absolute atomic E-state index is 0.240. The van der Waals surface area contributed by atoms with Crippen molar-refractivity contribution in [3.05, 3.63) is 59.2 Å². The molecule has 0 saturated heterocycles. The minimum Gasteiger partial charge on any atom is -0.493 e. The van der Waals surface area contributed by atoms with Crippen LogP contribution in [-0.2, 0) is 20.1 Å². The van der Waals surface area contributed by atoms with Crippen LogP contribution >= 0.6 is 0 Å². The first kappa shape index (κ1) is 20.8. The Morgan fingerprint density at radius 2 is 1.97 bits per heavy atom. The average Bonchev–Trinajstić information content (AvgIpc) is 3.08. The largest absolute Gasteiger partial charge is 0.493 e. The molecule has 3 N–H and O–H groups in total. The number of aryl methyl sites for hydroxylation is 3. The summed E-state index contributed by atoms with van der Waals surface area (Å²) in [6.07, 6.45) is 7.47. The van der Waals surface area contributed by atoms with Crippen LogP contribution in [0.5, 0.6) is 5.75 Å². The fourth-order valence-electron chi connectivity index (χ4n) is 3.34. The number of hydrogen-bond donors (Lipinski definition) is 2. The number of ether oxygens (including phenoxy) is 1. The zero-order valence-electron chi connectivity index (χ0n) is 16.9. The van der Waals surface area contributed by atoms with Gasteiger partial charge in [0.25, 0.3) is 0 Å². The fourth-order valence-corrected chi connectivity index (χ4v) is 3.34. The van der Waals surface area contributed by atoms with Crippen LogP contribution in [0.1, 0.15) is 36.0 Å². The zero-order chi connectivity index (χ0) is 20.8. The number of pyridine rings is 1. The minimum atomic E-state index is -0.375. The van der Waals surface area contributed by atoms with Gasteiger partial charge in [-0.2, -0.15) is 5.10 Å². The predicted molar refractivity (Wildman–Crippen MR) is 111 cm³/mol. The lowest BCUT2D eigenvalue weighted by molar-refractivity contribution is 0.259. The Bertz CT molecular complexity index is 971. The second-order valence-electron chi connectivity index (χ2n) is 7.14. The van der Waals surface area contributed by atoms with Crippen molar-refractivity contribution in [2.24, 2.45) is 7.05 Å². The van der Waals surface area contributed by atoms with Crippen LogP contribution in [0, 0.1) is 12.7 Å². The highest BCUT2D eigenvalue weighted by Gasteiger charge is 2.12. The van der Waals surface area contributed by atoms with Crippen LogP contribution in [-0.4, -0.2) is 26.5 Å². The van der Waals surface area contributed by atoms with E-state index in [0.29, 0.717) is 23.7 Å². The molecule has 0 bridgehead atoms. The Hall–Kier alpha value is -2.93. The molecule has 0 unspecified atom stereocenters. The Kier molecular flexibility index (Phi) is 6.82. The van der Waals surface area contributed by atoms with Gasteiger partial charge in [0.15, 0.2) is 0 Å². The summed E-state index contributed by atoms with van der Waals surface area (Å²) in [7, 11) is 1.93. The van der Waals surface area contributed by atoms with Crippen LogP contribution in [0.3, 0.4) is 0 Å². The third-order valence-corrected chi connectivity index (χ3v) is 4.95. The second kappa shape index (κ2) is 9.52. The smallest absolute Gasteiger partial charge is 0.126 e. The number of aliphatic hydroxyl groups excluding tert-OH is 1. The first-order valence-corrected chi connectivity index (χ1v) is 9.75. The van der Waals surface area contributed by atoms with Gasteiger partial charge in [-0.15, -0.1) is 0 Å². The highest BCUT2D eigenvalue weighted by molar-refractivity contribution is 5.65. The number of unbranched alkanes of at least 4 members (excludes halogenated alkanes) is 2. The average molecular weight is 398 g/mol. The van der Waals surface area contributed by atoms with Gasteiger partial charge in [-0.1, -0.05) is 0 Å². The van der Waals surface area contributed by atoms with E-state index in [1.165, 1.54) is 17.7 Å². The maximum absolute atomic E-state index is 13.2. The number of anilines is 1. The predicted octanol–water partition coefficient (Wildman–Crippen LogP) is 3.80. The third kappa shape index (κ3) is 5.12. The lowest BCUT2D eigenvalue weighted by Crippen LogP contribution is -2.02. The summed E-state index contributed by atoms with van der Waals surface area (Å²) >= 11 is 0. The highest BCUT2D eigenvalue weighted by atomic mass is 19.1. The maximum atomic E-state index is 13.2. The van der Waals surface area contributed by atoms with Gasteiger partial charge in [0.05, 0.1) is 25.1 Å². The molecule has 7 heteroatoms. The molecule has 0 fully saturated rings. The van der Waals surface area contributed by atoms with Gasteiger partial charge in [-0.25, -0.2) is 9.37 Å². The van der Waals surface area contributed by atoms with Crippen molar-refractivity contribution in [3.8, 4) is 17.0 Å². The quantitative estimate of drug-likeness (QED) is 0.536. The Morgan fingerprint density at radius 1 is 1.14 bits per heavy atom. The van der Waals surface area contributed by atoms with Crippen molar-refractivity contribution in [1.29, 1.82) is 0 Å². The molecule has 0 radical (unpaired) electrons. The molecule has 0 aliphatic heterocycles. The molecular weight excluding hydrogens is 371 g/mol. The Labute approximate surface area is 170 Å². The van der Waals surface area contributed by atoms with E-state index in [1.54, 1.807) is 12.3 Å². The van der Waals surface area contributed by atoms with Crippen LogP contribution in [0.25, 0.3) is 11.3 Å². The fraction of sp³-hybridized carbons (Fsp3) is 0.364. The number of halogens is 1. The number of rotatable bonds is 9. The summed E-state index contributed by atoms with van der Waals surface area (Å²) in [5, 5.41) is 13.7. The standard InChI is InChI=1S/C22H27FN4O2/c1-15-10-17(12-25-22(15)24)21-16(13-26-27(21)2)6-4-3-5-9-29-20-8-7-19(23)11-18(20)14-28/h7-8,10-13,28H,3-6,9,14H2,1-2H3,(H2,24,25). The summed E-state index contributed by atoms with van der Waals surface area (Å²) in [6.45, 7) is 2.24. The monoisotopic (exact) mass is 398 g/mol. The molecule has 2 aromatic heterocycles. The number of nitrogens with zero attached hydrogens (tertiary/aromatic N) is 3. The van der Waals surface area contributed by atoms with Crippen LogP contribution in [0.4, 0.5) is 10.2 Å². The molecule has 0 atom stereocenters. The van der Waals surface area contributed by atoms with Crippen molar-refractivity contribution in [2.75, 3.05) is 12.3 Å². The van der Waals surface area contributed by atoms with Crippen molar-refractivity contribution in [1.82, 2.24) is 14.8 Å². The molecular formula is C22H27FN4O2. The van der Waals surface area contributed by atoms with E-state index < -0.39 is 0 Å². The summed E-state index contributed by atoms with van der Waals surface area (Å²) in [6, 6.07) is 6.24. The van der Waals surface area contributed by atoms with Crippen molar-refractivity contribution < 1.29 is 14.2 Å². The van der Waals surface area contributed by atoms with Crippen LogP contribution in [0.2, 0.25) is 0 Å². The van der Waals surface area contributed by atoms with Crippen molar-refractivity contribution in [3.63, 3.8) is 0 Å². The molecule has 154 valence electrons. The van der Waals surface area contributed by atoms with Gasteiger partial charge < -0.3 is 15.6 Å². The number of aromatic nitrogens is 3. The molecule has 0 amide bonds. The first-order valence-electron chi connectivity index (χ1n) is 9.75. The topological polar surface area (TPSA) is 86.2 Å². The van der Waals surface area contributed by atoms with Gasteiger partial charge in [-0.05, 0) is 68.0 Å². The van der Waals surface area contributed by atoms with E-state index in [2.05, 4.69) is 10.1 Å². The lowest BCUT2D eigenvalue weighted by Gasteiger charge is -2.10. The number of hydrogen-bond acceptors (Lipinski definition) is 5. The maximum Gasteiger partial charge on any atom is 0.126 e. The summed E-state index contributed by atoms with van der Waals surface area (Å²) in [5.74, 6) is 0.706. The van der Waals surface area contributed by atoms with Crippen LogP contribution < -0.4 is 10.5 Å². The second-order valence-corrected chi connectivity index (χ2v) is 7.14. The normalized spacial score (nSPS) is 11.0. The number of aliphatic hydroxyl groups is 1. The van der Waals surface area contributed by atoms with Gasteiger partial charge in [0.2, 0.25) is 0 Å². The molecule has 0 spiro atoms. The molecule has 0 saturated carbocycles. The van der Waals surface area contributed by atoms with Crippen LogP contribution in [0.15, 0.2) is 36.7 Å². The van der Waals surface area contributed by atoms with E-state index in [-0.39, 0.29) is 12.4 Å². The van der Waals surface area contributed by atoms with E-state index in [0.717, 1.165) is 42.5 Å². The summed E-state index contributed by atoms with van der Waals surface area (Å²) in [5.41, 5.74) is 10.5. The lowest BCUT2D eigenvalue weighted by atomic mass is 10.0. The molecule has 3 aromatic rings. The van der Waals surface area contributed by atoms with Gasteiger partial charge in [0.1, 0.15) is 17.4 Å². The van der Waals surface area contributed by atoms with Gasteiger partial charge in [-0.3, -0.25) is 4.68 Å². The number of nitrogens with two attached hydrogens (primary N) is 1. The molecule has 3 rings (SSSR count). The molecule has 1 aromatic carbocycles. The Morgan fingerprint density at radius 3 is 2.72 bits per heavy atom. The van der Waals surface area contributed by atoms with Crippen molar-refractivity contribution in [2.45, 2.75) is 39.2 Å². The Balaban J connectivity index is 1.51.